The fourth-order valence-corrected chi connectivity index (χ4v) is 2.51. The smallest absolute Gasteiger partial charge is 0.256 e. The maximum Gasteiger partial charge on any atom is 0.256 e. The molecule has 0 bridgehead atoms. The average Bonchev–Trinajstić information content (AvgIpc) is 2.68. The SMILES string of the molecule is CNC(=O)C(C(=O)CC(O)c1ccccc1)=C(N)c1ccc(OC)cc1. The minimum atomic E-state index is -1.02. The van der Waals surface area contributed by atoms with Crippen molar-refractivity contribution in [2.24, 2.45) is 5.73 Å². The summed E-state index contributed by atoms with van der Waals surface area (Å²) in [5.74, 6) is -0.494. The second-order valence-electron chi connectivity index (χ2n) is 5.65. The molecule has 0 fully saturated rings. The molecule has 0 aromatic heterocycles. The van der Waals surface area contributed by atoms with Crippen LogP contribution in [0.4, 0.5) is 0 Å². The van der Waals surface area contributed by atoms with Gasteiger partial charge in [-0.1, -0.05) is 30.3 Å². The van der Waals surface area contributed by atoms with Crippen molar-refractivity contribution in [2.75, 3.05) is 14.2 Å². The Balaban J connectivity index is 2.33. The molecule has 0 aliphatic carbocycles. The lowest BCUT2D eigenvalue weighted by molar-refractivity contribution is -0.123. The van der Waals surface area contributed by atoms with Gasteiger partial charge in [0, 0.05) is 13.5 Å². The highest BCUT2D eigenvalue weighted by molar-refractivity contribution is 6.24. The minimum Gasteiger partial charge on any atom is -0.497 e. The van der Waals surface area contributed by atoms with Crippen molar-refractivity contribution in [3.63, 3.8) is 0 Å². The average molecular weight is 354 g/mol. The second kappa shape index (κ2) is 8.82. The van der Waals surface area contributed by atoms with E-state index < -0.39 is 17.8 Å². The van der Waals surface area contributed by atoms with Gasteiger partial charge in [-0.05, 0) is 35.4 Å². The lowest BCUT2D eigenvalue weighted by Gasteiger charge is -2.14. The van der Waals surface area contributed by atoms with Crippen LogP contribution in [0.3, 0.4) is 0 Å². The highest BCUT2D eigenvalue weighted by Crippen LogP contribution is 2.23. The first-order valence-corrected chi connectivity index (χ1v) is 8.10. The number of benzene rings is 2. The number of aliphatic hydroxyl groups is 1. The van der Waals surface area contributed by atoms with Crippen LogP contribution in [0.25, 0.3) is 5.70 Å². The van der Waals surface area contributed by atoms with Crippen LogP contribution in [-0.4, -0.2) is 31.0 Å². The van der Waals surface area contributed by atoms with Gasteiger partial charge in [0.1, 0.15) is 11.3 Å². The highest BCUT2D eigenvalue weighted by Gasteiger charge is 2.24. The van der Waals surface area contributed by atoms with Gasteiger partial charge in [0.05, 0.1) is 18.9 Å². The number of ketones is 1. The zero-order valence-electron chi connectivity index (χ0n) is 14.7. The number of aliphatic hydroxyl groups excluding tert-OH is 1. The van der Waals surface area contributed by atoms with Crippen molar-refractivity contribution in [1.82, 2.24) is 5.32 Å². The molecule has 6 heteroatoms. The zero-order valence-corrected chi connectivity index (χ0v) is 14.7. The van der Waals surface area contributed by atoms with Crippen LogP contribution in [0.2, 0.25) is 0 Å². The molecular formula is C20H22N2O4. The first kappa shape index (κ1) is 19.2. The summed E-state index contributed by atoms with van der Waals surface area (Å²) in [5, 5.41) is 12.7. The summed E-state index contributed by atoms with van der Waals surface area (Å²) < 4.78 is 5.09. The fourth-order valence-electron chi connectivity index (χ4n) is 2.51. The number of carbonyl (C=O) groups is 2. The van der Waals surface area contributed by atoms with Crippen LogP contribution in [0, 0.1) is 0 Å². The van der Waals surface area contributed by atoms with Crippen molar-refractivity contribution >= 4 is 17.4 Å². The van der Waals surface area contributed by atoms with Crippen LogP contribution in [-0.2, 0) is 9.59 Å². The first-order valence-electron chi connectivity index (χ1n) is 8.10. The van der Waals surface area contributed by atoms with Crippen LogP contribution >= 0.6 is 0 Å². The number of Topliss-reactive ketones (excluding diaryl/α,β-unsaturated/α-hetero) is 1. The monoisotopic (exact) mass is 354 g/mol. The molecule has 4 N–H and O–H groups in total. The summed E-state index contributed by atoms with van der Waals surface area (Å²) in [6.07, 6.45) is -1.27. The Morgan fingerprint density at radius 1 is 1.12 bits per heavy atom. The zero-order chi connectivity index (χ0) is 19.1. The van der Waals surface area contributed by atoms with Gasteiger partial charge < -0.3 is 20.9 Å². The lowest BCUT2D eigenvalue weighted by Crippen LogP contribution is -2.28. The van der Waals surface area contributed by atoms with E-state index in [0.717, 1.165) is 0 Å². The number of rotatable bonds is 7. The van der Waals surface area contributed by atoms with E-state index >= 15 is 0 Å². The van der Waals surface area contributed by atoms with Crippen molar-refractivity contribution in [2.45, 2.75) is 12.5 Å². The van der Waals surface area contributed by atoms with Crippen LogP contribution in [0.5, 0.6) is 5.75 Å². The largest absolute Gasteiger partial charge is 0.497 e. The van der Waals surface area contributed by atoms with E-state index in [1.807, 2.05) is 6.07 Å². The van der Waals surface area contributed by atoms with E-state index in [4.69, 9.17) is 10.5 Å². The topological polar surface area (TPSA) is 102 Å². The second-order valence-corrected chi connectivity index (χ2v) is 5.65. The molecule has 0 aliphatic rings. The molecule has 1 unspecified atom stereocenters. The number of ether oxygens (including phenoxy) is 1. The summed E-state index contributed by atoms with van der Waals surface area (Å²) >= 11 is 0. The van der Waals surface area contributed by atoms with Gasteiger partial charge in [0.15, 0.2) is 5.78 Å². The third kappa shape index (κ3) is 4.49. The Labute approximate surface area is 152 Å². The summed E-state index contributed by atoms with van der Waals surface area (Å²) in [4.78, 5) is 24.9. The molecular weight excluding hydrogens is 332 g/mol. The highest BCUT2D eigenvalue weighted by atomic mass is 16.5. The molecule has 0 heterocycles. The van der Waals surface area contributed by atoms with Crippen LogP contribution < -0.4 is 15.8 Å². The Kier molecular flexibility index (Phi) is 6.52. The summed E-state index contributed by atoms with van der Waals surface area (Å²) in [7, 11) is 2.96. The van der Waals surface area contributed by atoms with E-state index in [9.17, 15) is 14.7 Å². The molecule has 136 valence electrons. The molecule has 0 saturated carbocycles. The molecule has 0 saturated heterocycles. The quantitative estimate of drug-likeness (QED) is 0.400. The molecule has 2 rings (SSSR count). The Bertz CT molecular complexity index is 798. The summed E-state index contributed by atoms with van der Waals surface area (Å²) in [5.41, 5.74) is 7.10. The third-order valence-corrected chi connectivity index (χ3v) is 3.97. The number of likely N-dealkylation sites (N-methyl/N-ethyl adjacent to an activating group) is 1. The summed E-state index contributed by atoms with van der Waals surface area (Å²) in [6.45, 7) is 0. The first-order chi connectivity index (χ1) is 12.5. The standard InChI is InChI=1S/C20H22N2O4/c1-22-20(25)18(19(21)14-8-10-15(26-2)11-9-14)17(24)12-16(23)13-6-4-3-5-7-13/h3-11,16,23H,12,21H2,1-2H3,(H,22,25). The van der Waals surface area contributed by atoms with Gasteiger partial charge in [-0.2, -0.15) is 0 Å². The van der Waals surface area contributed by atoms with Gasteiger partial charge in [-0.25, -0.2) is 0 Å². The maximum absolute atomic E-state index is 12.7. The van der Waals surface area contributed by atoms with Crippen molar-refractivity contribution in [3.8, 4) is 5.75 Å². The number of hydrogen-bond acceptors (Lipinski definition) is 5. The molecule has 1 amide bonds. The molecule has 2 aromatic carbocycles. The third-order valence-electron chi connectivity index (χ3n) is 3.97. The number of amides is 1. The van der Waals surface area contributed by atoms with Crippen molar-refractivity contribution < 1.29 is 19.4 Å². The van der Waals surface area contributed by atoms with E-state index in [0.29, 0.717) is 16.9 Å². The predicted molar refractivity (Wildman–Crippen MR) is 99.2 cm³/mol. The Hall–Kier alpha value is -3.12. The van der Waals surface area contributed by atoms with E-state index in [1.165, 1.54) is 7.05 Å². The Morgan fingerprint density at radius 3 is 2.27 bits per heavy atom. The predicted octanol–water partition coefficient (Wildman–Crippen LogP) is 1.80. The molecule has 6 nitrogen and oxygen atoms in total. The van der Waals surface area contributed by atoms with Crippen molar-refractivity contribution in [3.05, 3.63) is 71.3 Å². The van der Waals surface area contributed by atoms with Crippen LogP contribution in [0.1, 0.15) is 23.7 Å². The molecule has 0 aliphatic heterocycles. The van der Waals surface area contributed by atoms with Gasteiger partial charge in [-0.3, -0.25) is 9.59 Å². The maximum atomic E-state index is 12.7. The molecule has 0 radical (unpaired) electrons. The number of hydrogen-bond donors (Lipinski definition) is 3. The van der Waals surface area contributed by atoms with Crippen LogP contribution in [0.15, 0.2) is 60.2 Å². The van der Waals surface area contributed by atoms with Gasteiger partial charge in [0.25, 0.3) is 5.91 Å². The molecule has 26 heavy (non-hydrogen) atoms. The number of carbonyl (C=O) groups excluding carboxylic acids is 2. The molecule has 1 atom stereocenters. The van der Waals surface area contributed by atoms with Gasteiger partial charge >= 0.3 is 0 Å². The summed E-state index contributed by atoms with van der Waals surface area (Å²) in [6, 6.07) is 15.5. The number of nitrogens with one attached hydrogen (secondary N) is 1. The van der Waals surface area contributed by atoms with Gasteiger partial charge in [-0.15, -0.1) is 0 Å². The number of nitrogens with two attached hydrogens (primary N) is 1. The number of methoxy groups -OCH3 is 1. The minimum absolute atomic E-state index is 0.0530. The van der Waals surface area contributed by atoms with Gasteiger partial charge in [0.2, 0.25) is 0 Å². The van der Waals surface area contributed by atoms with E-state index in [2.05, 4.69) is 5.32 Å². The Morgan fingerprint density at radius 2 is 1.73 bits per heavy atom. The molecule has 0 spiro atoms. The fraction of sp³-hybridized carbons (Fsp3) is 0.200. The van der Waals surface area contributed by atoms with E-state index in [-0.39, 0.29) is 17.7 Å². The van der Waals surface area contributed by atoms with Crippen molar-refractivity contribution in [1.29, 1.82) is 0 Å². The lowest BCUT2D eigenvalue weighted by atomic mass is 9.96. The normalized spacial score (nSPS) is 12.7. The van der Waals surface area contributed by atoms with E-state index in [1.54, 1.807) is 55.6 Å². The molecule has 2 aromatic rings.